The molecule has 110 valence electrons. The van der Waals surface area contributed by atoms with Crippen molar-refractivity contribution in [1.82, 2.24) is 13.5 Å². The molecule has 0 saturated carbocycles. The highest BCUT2D eigenvalue weighted by molar-refractivity contribution is 7.90. The first-order valence-electron chi connectivity index (χ1n) is 6.53. The summed E-state index contributed by atoms with van der Waals surface area (Å²) in [7, 11) is -3.88. The fourth-order valence-corrected chi connectivity index (χ4v) is 3.80. The molecule has 1 aliphatic carbocycles. The minimum Gasteiger partial charge on any atom is -0.266 e. The predicted octanol–water partition coefficient (Wildman–Crippen LogP) is 1.54. The van der Waals surface area contributed by atoms with Crippen molar-refractivity contribution in [2.75, 3.05) is 0 Å². The SMILES string of the molecule is O=C(NS(=O)(=O)c1ccc2c(c1)CCCC2)c1cnsn1. The van der Waals surface area contributed by atoms with Gasteiger partial charge in [-0.15, -0.1) is 0 Å². The summed E-state index contributed by atoms with van der Waals surface area (Å²) < 4.78 is 33.9. The Balaban J connectivity index is 1.86. The monoisotopic (exact) mass is 323 g/mol. The van der Waals surface area contributed by atoms with Gasteiger partial charge < -0.3 is 0 Å². The summed E-state index contributed by atoms with van der Waals surface area (Å²) >= 11 is 0.853. The first kappa shape index (κ1) is 14.2. The van der Waals surface area contributed by atoms with Crippen molar-refractivity contribution in [3.8, 4) is 0 Å². The second-order valence-electron chi connectivity index (χ2n) is 4.86. The van der Waals surface area contributed by atoms with Crippen LogP contribution in [0.2, 0.25) is 0 Å². The van der Waals surface area contributed by atoms with Gasteiger partial charge in [0.25, 0.3) is 15.9 Å². The normalized spacial score (nSPS) is 14.5. The van der Waals surface area contributed by atoms with E-state index < -0.39 is 15.9 Å². The zero-order chi connectivity index (χ0) is 14.9. The molecule has 1 aliphatic rings. The molecule has 8 heteroatoms. The first-order valence-corrected chi connectivity index (χ1v) is 8.74. The number of benzene rings is 1. The Labute approximate surface area is 126 Å². The van der Waals surface area contributed by atoms with Gasteiger partial charge in [-0.05, 0) is 48.9 Å². The topological polar surface area (TPSA) is 89.0 Å². The second kappa shape index (κ2) is 5.53. The van der Waals surface area contributed by atoms with Crippen LogP contribution in [0.15, 0.2) is 29.3 Å². The van der Waals surface area contributed by atoms with E-state index in [0.717, 1.165) is 43.0 Å². The molecule has 1 heterocycles. The highest BCUT2D eigenvalue weighted by atomic mass is 32.2. The maximum absolute atomic E-state index is 12.2. The Kier molecular flexibility index (Phi) is 3.73. The molecule has 1 amide bonds. The average molecular weight is 323 g/mol. The molecule has 1 aromatic carbocycles. The summed E-state index contributed by atoms with van der Waals surface area (Å²) in [5.41, 5.74) is 2.24. The number of nitrogens with one attached hydrogen (secondary N) is 1. The van der Waals surface area contributed by atoms with Crippen molar-refractivity contribution in [3.05, 3.63) is 41.2 Å². The van der Waals surface area contributed by atoms with E-state index in [9.17, 15) is 13.2 Å². The van der Waals surface area contributed by atoms with Crippen LogP contribution in [0, 0.1) is 0 Å². The smallest absolute Gasteiger partial charge is 0.266 e. The Bertz CT molecular complexity index is 770. The third kappa shape index (κ3) is 2.96. The van der Waals surface area contributed by atoms with E-state index >= 15 is 0 Å². The number of hydrogen-bond donors (Lipinski definition) is 1. The van der Waals surface area contributed by atoms with E-state index in [4.69, 9.17) is 0 Å². The standard InChI is InChI=1S/C13H13N3O3S2/c17-13(12-8-14-20-15-12)16-21(18,19)11-6-5-9-3-1-2-4-10(9)7-11/h5-8H,1-4H2,(H,16,17). The number of carbonyl (C=O) groups excluding carboxylic acids is 1. The highest BCUT2D eigenvalue weighted by Gasteiger charge is 2.21. The van der Waals surface area contributed by atoms with Gasteiger partial charge in [0.1, 0.15) is 0 Å². The molecule has 6 nitrogen and oxygen atoms in total. The molecule has 3 rings (SSSR count). The van der Waals surface area contributed by atoms with Gasteiger partial charge in [-0.3, -0.25) is 4.79 Å². The van der Waals surface area contributed by atoms with Gasteiger partial charge in [0.2, 0.25) is 0 Å². The van der Waals surface area contributed by atoms with Crippen LogP contribution in [0.5, 0.6) is 0 Å². The van der Waals surface area contributed by atoms with Crippen LogP contribution >= 0.6 is 11.7 Å². The fraction of sp³-hybridized carbons (Fsp3) is 0.308. The Morgan fingerprint density at radius 3 is 2.67 bits per heavy atom. The maximum Gasteiger partial charge on any atom is 0.286 e. The minimum atomic E-state index is -3.88. The van der Waals surface area contributed by atoms with Crippen LogP contribution in [0.1, 0.15) is 34.5 Å². The van der Waals surface area contributed by atoms with Gasteiger partial charge >= 0.3 is 0 Å². The van der Waals surface area contributed by atoms with Crippen molar-refractivity contribution in [3.63, 3.8) is 0 Å². The van der Waals surface area contributed by atoms with Crippen molar-refractivity contribution in [1.29, 1.82) is 0 Å². The maximum atomic E-state index is 12.2. The van der Waals surface area contributed by atoms with Gasteiger partial charge in [0.05, 0.1) is 22.8 Å². The summed E-state index contributed by atoms with van der Waals surface area (Å²) in [6.07, 6.45) is 5.29. The summed E-state index contributed by atoms with van der Waals surface area (Å²) in [6.45, 7) is 0. The quantitative estimate of drug-likeness (QED) is 0.925. The minimum absolute atomic E-state index is 0.00142. The number of rotatable bonds is 3. The number of carbonyl (C=O) groups is 1. The molecule has 21 heavy (non-hydrogen) atoms. The highest BCUT2D eigenvalue weighted by Crippen LogP contribution is 2.24. The number of fused-ring (bicyclic) bond motifs is 1. The molecule has 0 saturated heterocycles. The van der Waals surface area contributed by atoms with Gasteiger partial charge in [-0.25, -0.2) is 13.1 Å². The third-order valence-corrected chi connectivity index (χ3v) is 5.26. The third-order valence-electron chi connectivity index (χ3n) is 3.45. The van der Waals surface area contributed by atoms with Crippen LogP contribution in [0.25, 0.3) is 0 Å². The Morgan fingerprint density at radius 2 is 1.95 bits per heavy atom. The van der Waals surface area contributed by atoms with Crippen molar-refractivity contribution in [2.24, 2.45) is 0 Å². The van der Waals surface area contributed by atoms with Crippen molar-refractivity contribution in [2.45, 2.75) is 30.6 Å². The van der Waals surface area contributed by atoms with Crippen molar-refractivity contribution < 1.29 is 13.2 Å². The van der Waals surface area contributed by atoms with E-state index in [1.807, 2.05) is 10.8 Å². The summed E-state index contributed by atoms with van der Waals surface area (Å²) in [6, 6.07) is 5.03. The van der Waals surface area contributed by atoms with E-state index in [1.54, 1.807) is 12.1 Å². The van der Waals surface area contributed by atoms with Gasteiger partial charge in [-0.2, -0.15) is 8.75 Å². The molecule has 0 fully saturated rings. The van der Waals surface area contributed by atoms with E-state index in [1.165, 1.54) is 11.8 Å². The van der Waals surface area contributed by atoms with Crippen LogP contribution in [-0.4, -0.2) is 23.1 Å². The lowest BCUT2D eigenvalue weighted by Gasteiger charge is -2.16. The Hall–Kier alpha value is -1.80. The number of aromatic nitrogens is 2. The molecule has 0 aliphatic heterocycles. The molecule has 0 bridgehead atoms. The predicted molar refractivity (Wildman–Crippen MR) is 77.6 cm³/mol. The molecule has 2 aromatic rings. The lowest BCUT2D eigenvalue weighted by atomic mass is 9.92. The fourth-order valence-electron chi connectivity index (χ4n) is 2.37. The second-order valence-corrected chi connectivity index (χ2v) is 7.10. The molecule has 1 N–H and O–H groups in total. The number of amides is 1. The summed E-state index contributed by atoms with van der Waals surface area (Å²) in [5, 5.41) is 0. The van der Waals surface area contributed by atoms with E-state index in [0.29, 0.717) is 0 Å². The zero-order valence-electron chi connectivity index (χ0n) is 11.1. The molecule has 1 aromatic heterocycles. The van der Waals surface area contributed by atoms with Gasteiger partial charge in [0, 0.05) is 0 Å². The van der Waals surface area contributed by atoms with Gasteiger partial charge in [-0.1, -0.05) is 6.07 Å². The molecule has 0 atom stereocenters. The molecule has 0 spiro atoms. The summed E-state index contributed by atoms with van der Waals surface area (Å²) in [4.78, 5) is 11.9. The Morgan fingerprint density at radius 1 is 1.19 bits per heavy atom. The van der Waals surface area contributed by atoms with Crippen LogP contribution < -0.4 is 4.72 Å². The first-order chi connectivity index (χ1) is 10.1. The number of nitrogens with zero attached hydrogens (tertiary/aromatic N) is 2. The largest absolute Gasteiger partial charge is 0.286 e. The zero-order valence-corrected chi connectivity index (χ0v) is 12.7. The molecule has 0 unspecified atom stereocenters. The lowest BCUT2D eigenvalue weighted by Crippen LogP contribution is -2.31. The number of hydrogen-bond acceptors (Lipinski definition) is 6. The van der Waals surface area contributed by atoms with Crippen molar-refractivity contribution >= 4 is 27.7 Å². The van der Waals surface area contributed by atoms with E-state index in [-0.39, 0.29) is 10.6 Å². The lowest BCUT2D eigenvalue weighted by molar-refractivity contribution is 0.0977. The van der Waals surface area contributed by atoms with Crippen LogP contribution in [-0.2, 0) is 22.9 Å². The average Bonchev–Trinajstić information content (AvgIpc) is 3.00. The van der Waals surface area contributed by atoms with Crippen LogP contribution in [0.4, 0.5) is 0 Å². The molecular weight excluding hydrogens is 310 g/mol. The van der Waals surface area contributed by atoms with Gasteiger partial charge in [0.15, 0.2) is 5.69 Å². The van der Waals surface area contributed by atoms with Crippen LogP contribution in [0.3, 0.4) is 0 Å². The number of sulfonamides is 1. The number of aryl methyl sites for hydroxylation is 2. The molecular formula is C13H13N3O3S2. The summed E-state index contributed by atoms with van der Waals surface area (Å²) in [5.74, 6) is -0.763. The molecule has 0 radical (unpaired) electrons. The van der Waals surface area contributed by atoms with E-state index in [2.05, 4.69) is 8.75 Å².